The van der Waals surface area contributed by atoms with E-state index < -0.39 is 0 Å². The van der Waals surface area contributed by atoms with Gasteiger partial charge in [0.25, 0.3) is 5.56 Å². The highest BCUT2D eigenvalue weighted by Gasteiger charge is 2.16. The van der Waals surface area contributed by atoms with E-state index in [-0.39, 0.29) is 11.4 Å². The Balaban J connectivity index is 1.82. The third-order valence-electron chi connectivity index (χ3n) is 4.18. The molecule has 0 spiro atoms. The fourth-order valence-electron chi connectivity index (χ4n) is 3.05. The number of rotatable bonds is 3. The fraction of sp³-hybridized carbons (Fsp3) is 0.100. The summed E-state index contributed by atoms with van der Waals surface area (Å²) in [6.45, 7) is 1.95. The molecule has 2 aromatic heterocycles. The summed E-state index contributed by atoms with van der Waals surface area (Å²) in [5.74, 6) is 0.290. The number of nitrogens with zero attached hydrogens (tertiary/aromatic N) is 1. The second-order valence-corrected chi connectivity index (χ2v) is 7.68. The van der Waals surface area contributed by atoms with Crippen LogP contribution in [0, 0.1) is 12.7 Å². The van der Waals surface area contributed by atoms with Gasteiger partial charge in [0.05, 0.1) is 5.39 Å². The van der Waals surface area contributed by atoms with Gasteiger partial charge in [-0.25, -0.2) is 9.37 Å². The molecule has 0 aliphatic carbocycles. The molecule has 0 saturated heterocycles. The third kappa shape index (κ3) is 3.16. The number of hydrogen-bond acceptors (Lipinski definition) is 3. The Labute approximate surface area is 158 Å². The molecule has 4 aromatic rings. The summed E-state index contributed by atoms with van der Waals surface area (Å²) < 4.78 is 13.2. The van der Waals surface area contributed by atoms with Gasteiger partial charge >= 0.3 is 0 Å². The van der Waals surface area contributed by atoms with E-state index in [1.54, 1.807) is 12.1 Å². The molecule has 6 heteroatoms. The number of halogens is 2. The highest BCUT2D eigenvalue weighted by molar-refractivity contribution is 7.19. The second-order valence-electron chi connectivity index (χ2n) is 6.04. The number of nitrogens with one attached hydrogen (secondary N) is 1. The molecule has 0 atom stereocenters. The molecule has 0 amide bonds. The van der Waals surface area contributed by atoms with Crippen molar-refractivity contribution in [3.8, 4) is 11.1 Å². The lowest BCUT2D eigenvalue weighted by Crippen LogP contribution is -2.11. The highest BCUT2D eigenvalue weighted by atomic mass is 35.5. The first-order valence-electron chi connectivity index (χ1n) is 8.04. The van der Waals surface area contributed by atoms with Gasteiger partial charge in [0.15, 0.2) is 0 Å². The van der Waals surface area contributed by atoms with Gasteiger partial charge < -0.3 is 4.98 Å². The van der Waals surface area contributed by atoms with Crippen LogP contribution in [0.25, 0.3) is 21.3 Å². The average Bonchev–Trinajstić information content (AvgIpc) is 2.92. The van der Waals surface area contributed by atoms with Crippen LogP contribution in [0.1, 0.15) is 16.3 Å². The van der Waals surface area contributed by atoms with Crippen LogP contribution in [0.4, 0.5) is 4.39 Å². The zero-order chi connectivity index (χ0) is 18.3. The summed E-state index contributed by atoms with van der Waals surface area (Å²) in [6.07, 6.45) is 0.495. The number of aryl methyl sites for hydroxylation is 1. The quantitative estimate of drug-likeness (QED) is 0.518. The van der Waals surface area contributed by atoms with Gasteiger partial charge in [-0.15, -0.1) is 11.3 Å². The minimum absolute atomic E-state index is 0.185. The van der Waals surface area contributed by atoms with Crippen molar-refractivity contribution in [3.05, 3.63) is 86.0 Å². The van der Waals surface area contributed by atoms with E-state index in [2.05, 4.69) is 9.97 Å². The van der Waals surface area contributed by atoms with E-state index in [9.17, 15) is 9.18 Å². The molecule has 0 bridgehead atoms. The number of thiophene rings is 1. The first-order chi connectivity index (χ1) is 12.5. The van der Waals surface area contributed by atoms with Gasteiger partial charge in [0.2, 0.25) is 0 Å². The first kappa shape index (κ1) is 16.9. The largest absolute Gasteiger partial charge is 0.310 e. The summed E-state index contributed by atoms with van der Waals surface area (Å²) in [5.41, 5.74) is 2.42. The smallest absolute Gasteiger partial charge is 0.260 e. The molecular formula is C20H14ClFN2OS. The number of benzene rings is 2. The molecular weight excluding hydrogens is 371 g/mol. The molecule has 0 unspecified atom stereocenters. The van der Waals surface area contributed by atoms with Crippen LogP contribution in [0.5, 0.6) is 0 Å². The van der Waals surface area contributed by atoms with E-state index in [4.69, 9.17) is 11.6 Å². The Morgan fingerprint density at radius 2 is 1.96 bits per heavy atom. The Hall–Kier alpha value is -2.50. The van der Waals surface area contributed by atoms with E-state index in [1.807, 2.05) is 31.2 Å². The van der Waals surface area contributed by atoms with Crippen LogP contribution in [0.15, 0.2) is 53.3 Å². The zero-order valence-corrected chi connectivity index (χ0v) is 15.4. The van der Waals surface area contributed by atoms with Gasteiger partial charge in [-0.1, -0.05) is 35.9 Å². The van der Waals surface area contributed by atoms with E-state index in [0.29, 0.717) is 27.5 Å². The predicted molar refractivity (Wildman–Crippen MR) is 105 cm³/mol. The summed E-state index contributed by atoms with van der Waals surface area (Å²) in [6, 6.07) is 13.6. The molecule has 2 heterocycles. The van der Waals surface area contributed by atoms with Crippen LogP contribution in [0.3, 0.4) is 0 Å². The van der Waals surface area contributed by atoms with E-state index in [0.717, 1.165) is 21.6 Å². The summed E-state index contributed by atoms with van der Waals surface area (Å²) >= 11 is 7.49. The molecule has 0 aliphatic heterocycles. The topological polar surface area (TPSA) is 45.8 Å². The van der Waals surface area contributed by atoms with Crippen LogP contribution < -0.4 is 5.56 Å². The minimum atomic E-state index is -0.304. The normalized spacial score (nSPS) is 11.2. The zero-order valence-electron chi connectivity index (χ0n) is 13.8. The number of aromatic nitrogens is 2. The van der Waals surface area contributed by atoms with Gasteiger partial charge in [0, 0.05) is 21.9 Å². The standard InChI is InChI=1S/C20H14ClFN2OS/c1-11-17(13-5-7-15(22)8-6-13)18-19(25)23-16(24-20(18)26-11)10-12-3-2-4-14(21)9-12/h2-9H,10H2,1H3,(H,23,24,25). The SMILES string of the molecule is Cc1sc2nc(Cc3cccc(Cl)c3)[nH]c(=O)c2c1-c1ccc(F)cc1. The maximum absolute atomic E-state index is 13.2. The molecule has 0 fully saturated rings. The minimum Gasteiger partial charge on any atom is -0.310 e. The number of hydrogen-bond donors (Lipinski definition) is 1. The molecule has 0 radical (unpaired) electrons. The molecule has 26 heavy (non-hydrogen) atoms. The van der Waals surface area contributed by atoms with Crippen molar-refractivity contribution in [2.45, 2.75) is 13.3 Å². The molecule has 130 valence electrons. The molecule has 2 aromatic carbocycles. The molecule has 0 saturated carbocycles. The Morgan fingerprint density at radius 3 is 2.69 bits per heavy atom. The second kappa shape index (κ2) is 6.67. The Kier molecular flexibility index (Phi) is 4.34. The molecule has 1 N–H and O–H groups in total. The van der Waals surface area contributed by atoms with Gasteiger partial charge in [0.1, 0.15) is 16.5 Å². The van der Waals surface area contributed by atoms with Crippen LogP contribution in [-0.2, 0) is 6.42 Å². The molecule has 3 nitrogen and oxygen atoms in total. The van der Waals surface area contributed by atoms with E-state index in [1.165, 1.54) is 23.5 Å². The van der Waals surface area contributed by atoms with Crippen molar-refractivity contribution in [1.82, 2.24) is 9.97 Å². The van der Waals surface area contributed by atoms with Crippen molar-refractivity contribution in [2.75, 3.05) is 0 Å². The average molecular weight is 385 g/mol. The van der Waals surface area contributed by atoms with Gasteiger partial charge in [-0.2, -0.15) is 0 Å². The highest BCUT2D eigenvalue weighted by Crippen LogP contribution is 2.35. The summed E-state index contributed by atoms with van der Waals surface area (Å²) in [5, 5.41) is 1.20. The number of H-pyrrole nitrogens is 1. The van der Waals surface area contributed by atoms with Crippen LogP contribution >= 0.6 is 22.9 Å². The number of fused-ring (bicyclic) bond motifs is 1. The van der Waals surface area contributed by atoms with Crippen LogP contribution in [-0.4, -0.2) is 9.97 Å². The van der Waals surface area contributed by atoms with Crippen molar-refractivity contribution in [1.29, 1.82) is 0 Å². The fourth-order valence-corrected chi connectivity index (χ4v) is 4.33. The predicted octanol–water partition coefficient (Wildman–Crippen LogP) is 5.34. The molecule has 0 aliphatic rings. The maximum Gasteiger partial charge on any atom is 0.260 e. The molecule has 4 rings (SSSR count). The Bertz CT molecular complexity index is 1160. The van der Waals surface area contributed by atoms with Crippen molar-refractivity contribution < 1.29 is 4.39 Å². The lowest BCUT2D eigenvalue weighted by molar-refractivity contribution is 0.628. The lowest BCUT2D eigenvalue weighted by atomic mass is 10.0. The Morgan fingerprint density at radius 1 is 1.19 bits per heavy atom. The van der Waals surface area contributed by atoms with Gasteiger partial charge in [-0.05, 0) is 42.3 Å². The maximum atomic E-state index is 13.2. The van der Waals surface area contributed by atoms with Crippen molar-refractivity contribution in [2.24, 2.45) is 0 Å². The third-order valence-corrected chi connectivity index (χ3v) is 5.41. The van der Waals surface area contributed by atoms with Gasteiger partial charge in [-0.3, -0.25) is 4.79 Å². The number of aromatic amines is 1. The lowest BCUT2D eigenvalue weighted by Gasteiger charge is -2.04. The summed E-state index contributed by atoms with van der Waals surface area (Å²) in [4.78, 5) is 21.9. The van der Waals surface area contributed by atoms with Crippen molar-refractivity contribution >= 4 is 33.2 Å². The summed E-state index contributed by atoms with van der Waals surface area (Å²) in [7, 11) is 0. The van der Waals surface area contributed by atoms with Crippen molar-refractivity contribution in [3.63, 3.8) is 0 Å². The van der Waals surface area contributed by atoms with Crippen LogP contribution in [0.2, 0.25) is 5.02 Å². The van der Waals surface area contributed by atoms with E-state index >= 15 is 0 Å². The first-order valence-corrected chi connectivity index (χ1v) is 9.23. The monoisotopic (exact) mass is 384 g/mol.